The van der Waals surface area contributed by atoms with Gasteiger partial charge in [0.1, 0.15) is 0 Å². The summed E-state index contributed by atoms with van der Waals surface area (Å²) in [4.78, 5) is 23.7. The Morgan fingerprint density at radius 1 is 1.19 bits per heavy atom. The van der Waals surface area contributed by atoms with E-state index in [1.54, 1.807) is 24.3 Å². The minimum atomic E-state index is -0.199. The van der Waals surface area contributed by atoms with Crippen LogP contribution in [0.15, 0.2) is 24.3 Å². The van der Waals surface area contributed by atoms with E-state index < -0.39 is 0 Å². The topological polar surface area (TPSA) is 70.2 Å². The van der Waals surface area contributed by atoms with Crippen LogP contribution in [0.4, 0.5) is 10.5 Å². The molecular formula is C16H23N3O2. The van der Waals surface area contributed by atoms with E-state index in [9.17, 15) is 9.59 Å². The maximum atomic E-state index is 12.0. The lowest BCUT2D eigenvalue weighted by atomic mass is 9.96. The summed E-state index contributed by atoms with van der Waals surface area (Å²) in [5, 5.41) is 8.53. The molecule has 5 nitrogen and oxygen atoms in total. The highest BCUT2D eigenvalue weighted by molar-refractivity contribution is 5.96. The molecule has 1 aromatic carbocycles. The SMILES string of the molecule is CCNC(=O)c1cccc(NC(=O)NC2CCCCC2)c1. The van der Waals surface area contributed by atoms with Crippen molar-refractivity contribution in [3.8, 4) is 0 Å². The molecule has 0 radical (unpaired) electrons. The van der Waals surface area contributed by atoms with Crippen molar-refractivity contribution in [1.82, 2.24) is 10.6 Å². The molecule has 5 heteroatoms. The largest absolute Gasteiger partial charge is 0.352 e. The monoisotopic (exact) mass is 289 g/mol. The molecule has 0 unspecified atom stereocenters. The number of anilines is 1. The summed E-state index contributed by atoms with van der Waals surface area (Å²) in [6.45, 7) is 2.45. The molecule has 0 aliphatic heterocycles. The number of hydrogen-bond donors (Lipinski definition) is 3. The first-order valence-corrected chi connectivity index (χ1v) is 7.65. The van der Waals surface area contributed by atoms with Crippen LogP contribution in [0.25, 0.3) is 0 Å². The number of nitrogens with one attached hydrogen (secondary N) is 3. The van der Waals surface area contributed by atoms with Gasteiger partial charge in [0, 0.05) is 23.8 Å². The van der Waals surface area contributed by atoms with Gasteiger partial charge in [-0.25, -0.2) is 4.79 Å². The quantitative estimate of drug-likeness (QED) is 0.797. The zero-order valence-electron chi connectivity index (χ0n) is 12.4. The second-order valence-corrected chi connectivity index (χ2v) is 5.37. The Morgan fingerprint density at radius 2 is 1.95 bits per heavy atom. The second-order valence-electron chi connectivity index (χ2n) is 5.37. The fraction of sp³-hybridized carbons (Fsp3) is 0.500. The highest BCUT2D eigenvalue weighted by Crippen LogP contribution is 2.17. The molecular weight excluding hydrogens is 266 g/mol. The third kappa shape index (κ3) is 4.77. The summed E-state index contributed by atoms with van der Waals surface area (Å²) in [7, 11) is 0. The molecule has 0 bridgehead atoms. The molecule has 2 rings (SSSR count). The van der Waals surface area contributed by atoms with Gasteiger partial charge < -0.3 is 16.0 Å². The van der Waals surface area contributed by atoms with Crippen molar-refractivity contribution < 1.29 is 9.59 Å². The van der Waals surface area contributed by atoms with E-state index in [0.717, 1.165) is 12.8 Å². The molecule has 1 aromatic rings. The van der Waals surface area contributed by atoms with E-state index in [1.807, 2.05) is 6.92 Å². The Labute approximate surface area is 125 Å². The molecule has 0 aromatic heterocycles. The zero-order chi connectivity index (χ0) is 15.1. The number of benzene rings is 1. The highest BCUT2D eigenvalue weighted by atomic mass is 16.2. The van der Waals surface area contributed by atoms with Crippen LogP contribution in [0.1, 0.15) is 49.4 Å². The normalized spacial score (nSPS) is 15.3. The maximum Gasteiger partial charge on any atom is 0.319 e. The third-order valence-corrected chi connectivity index (χ3v) is 3.66. The highest BCUT2D eigenvalue weighted by Gasteiger charge is 2.15. The van der Waals surface area contributed by atoms with Crippen LogP contribution in [0.2, 0.25) is 0 Å². The van der Waals surface area contributed by atoms with Crippen LogP contribution >= 0.6 is 0 Å². The summed E-state index contributed by atoms with van der Waals surface area (Å²) in [6.07, 6.45) is 5.71. The first-order chi connectivity index (χ1) is 10.2. The first-order valence-electron chi connectivity index (χ1n) is 7.65. The Hall–Kier alpha value is -2.04. The van der Waals surface area contributed by atoms with Crippen molar-refractivity contribution in [3.63, 3.8) is 0 Å². The summed E-state index contributed by atoms with van der Waals surface area (Å²) >= 11 is 0. The Balaban J connectivity index is 1.91. The average Bonchev–Trinajstić information content (AvgIpc) is 2.48. The number of carbonyl (C=O) groups excluding carboxylic acids is 2. The van der Waals surface area contributed by atoms with Gasteiger partial charge in [0.15, 0.2) is 0 Å². The Morgan fingerprint density at radius 3 is 2.67 bits per heavy atom. The number of rotatable bonds is 4. The lowest BCUT2D eigenvalue weighted by Gasteiger charge is -2.22. The van der Waals surface area contributed by atoms with Crippen LogP contribution < -0.4 is 16.0 Å². The summed E-state index contributed by atoms with van der Waals surface area (Å²) in [5.41, 5.74) is 1.18. The van der Waals surface area contributed by atoms with E-state index in [2.05, 4.69) is 16.0 Å². The molecule has 114 valence electrons. The summed E-state index contributed by atoms with van der Waals surface area (Å²) in [6, 6.07) is 7.03. The van der Waals surface area contributed by atoms with Crippen LogP contribution in [0.3, 0.4) is 0 Å². The minimum absolute atomic E-state index is 0.131. The molecule has 1 aliphatic carbocycles. The van der Waals surface area contributed by atoms with Gasteiger partial charge in [-0.3, -0.25) is 4.79 Å². The van der Waals surface area contributed by atoms with Crippen LogP contribution in [-0.4, -0.2) is 24.5 Å². The Kier molecular flexibility index (Phi) is 5.60. The smallest absolute Gasteiger partial charge is 0.319 e. The van der Waals surface area contributed by atoms with Crippen LogP contribution in [-0.2, 0) is 0 Å². The van der Waals surface area contributed by atoms with Gasteiger partial charge in [-0.15, -0.1) is 0 Å². The average molecular weight is 289 g/mol. The zero-order valence-corrected chi connectivity index (χ0v) is 12.4. The molecule has 1 aliphatic rings. The third-order valence-electron chi connectivity index (χ3n) is 3.66. The fourth-order valence-electron chi connectivity index (χ4n) is 2.60. The van der Waals surface area contributed by atoms with Gasteiger partial charge in [-0.05, 0) is 38.0 Å². The molecule has 1 saturated carbocycles. The lowest BCUT2D eigenvalue weighted by molar-refractivity contribution is 0.0956. The van der Waals surface area contributed by atoms with E-state index in [-0.39, 0.29) is 18.0 Å². The molecule has 21 heavy (non-hydrogen) atoms. The van der Waals surface area contributed by atoms with E-state index in [1.165, 1.54) is 19.3 Å². The van der Waals surface area contributed by atoms with Gasteiger partial charge in [0.2, 0.25) is 0 Å². The fourth-order valence-corrected chi connectivity index (χ4v) is 2.60. The molecule has 0 atom stereocenters. The summed E-state index contributed by atoms with van der Waals surface area (Å²) < 4.78 is 0. The van der Waals surface area contributed by atoms with Gasteiger partial charge in [0.25, 0.3) is 5.91 Å². The van der Waals surface area contributed by atoms with Crippen LogP contribution in [0, 0.1) is 0 Å². The van der Waals surface area contributed by atoms with Crippen molar-refractivity contribution in [2.75, 3.05) is 11.9 Å². The van der Waals surface area contributed by atoms with Gasteiger partial charge >= 0.3 is 6.03 Å². The first kappa shape index (κ1) is 15.4. The lowest BCUT2D eigenvalue weighted by Crippen LogP contribution is -2.39. The van der Waals surface area contributed by atoms with E-state index in [4.69, 9.17) is 0 Å². The van der Waals surface area contributed by atoms with Crippen molar-refractivity contribution in [3.05, 3.63) is 29.8 Å². The van der Waals surface area contributed by atoms with E-state index in [0.29, 0.717) is 17.8 Å². The number of amides is 3. The second kappa shape index (κ2) is 7.67. The van der Waals surface area contributed by atoms with Gasteiger partial charge in [-0.2, -0.15) is 0 Å². The molecule has 1 fully saturated rings. The van der Waals surface area contributed by atoms with Crippen molar-refractivity contribution >= 4 is 17.6 Å². The molecule has 3 N–H and O–H groups in total. The predicted molar refractivity (Wildman–Crippen MR) is 83.5 cm³/mol. The van der Waals surface area contributed by atoms with Crippen molar-refractivity contribution in [2.45, 2.75) is 45.1 Å². The molecule has 0 saturated heterocycles. The van der Waals surface area contributed by atoms with Gasteiger partial charge in [-0.1, -0.05) is 25.3 Å². The van der Waals surface area contributed by atoms with Crippen molar-refractivity contribution in [2.24, 2.45) is 0 Å². The van der Waals surface area contributed by atoms with Gasteiger partial charge in [0.05, 0.1) is 0 Å². The number of hydrogen-bond acceptors (Lipinski definition) is 2. The maximum absolute atomic E-state index is 12.0. The molecule has 0 spiro atoms. The van der Waals surface area contributed by atoms with Crippen molar-refractivity contribution in [1.29, 1.82) is 0 Å². The predicted octanol–water partition coefficient (Wildman–Crippen LogP) is 2.89. The minimum Gasteiger partial charge on any atom is -0.352 e. The standard InChI is InChI=1S/C16H23N3O2/c1-2-17-15(20)12-7-6-10-14(11-12)19-16(21)18-13-8-4-3-5-9-13/h6-7,10-11,13H,2-5,8-9H2,1H3,(H,17,20)(H2,18,19,21). The Bertz CT molecular complexity index is 496. The molecule has 0 heterocycles. The molecule has 3 amide bonds. The summed E-state index contributed by atoms with van der Waals surface area (Å²) in [5.74, 6) is -0.131. The van der Waals surface area contributed by atoms with E-state index >= 15 is 0 Å². The number of urea groups is 1. The van der Waals surface area contributed by atoms with Crippen LogP contribution in [0.5, 0.6) is 0 Å². The number of carbonyl (C=O) groups is 2.